The number of hydrogen-bond donors (Lipinski definition) is 0. The predicted octanol–water partition coefficient (Wildman–Crippen LogP) is 3.89. The molecule has 5 nitrogen and oxygen atoms in total. The molecule has 138 valence electrons. The Morgan fingerprint density at radius 2 is 2.08 bits per heavy atom. The minimum atomic E-state index is -0.372. The monoisotopic (exact) mass is 348 g/mol. The van der Waals surface area contributed by atoms with E-state index in [2.05, 4.69) is 13.8 Å². The molecule has 1 fully saturated rings. The molecular formula is C20H28O5. The van der Waals surface area contributed by atoms with Crippen LogP contribution in [0.1, 0.15) is 39.0 Å². The molecule has 2 rings (SSSR count). The smallest absolute Gasteiger partial charge is 0.330 e. The SMILES string of the molecule is CCOC(=O)/C=C/C[C@H](C)[C@@H]1O[C@H](c2ccc(OC)cc2)OC[C@H]1C. The summed E-state index contributed by atoms with van der Waals surface area (Å²) in [6.07, 6.45) is 3.79. The number of carbonyl (C=O) groups excluding carboxylic acids is 1. The number of benzene rings is 1. The Balaban J connectivity index is 1.95. The second-order valence-electron chi connectivity index (χ2n) is 6.38. The Bertz CT molecular complexity index is 566. The summed E-state index contributed by atoms with van der Waals surface area (Å²) in [6, 6.07) is 7.73. The van der Waals surface area contributed by atoms with Crippen molar-refractivity contribution in [1.29, 1.82) is 0 Å². The molecule has 0 N–H and O–H groups in total. The molecule has 0 spiro atoms. The van der Waals surface area contributed by atoms with E-state index in [1.54, 1.807) is 14.0 Å². The summed E-state index contributed by atoms with van der Waals surface area (Å²) in [5.41, 5.74) is 0.979. The molecule has 0 aliphatic carbocycles. The van der Waals surface area contributed by atoms with Gasteiger partial charge in [-0.05, 0) is 31.4 Å². The Kier molecular flexibility index (Phi) is 7.47. The van der Waals surface area contributed by atoms with Crippen LogP contribution in [0.5, 0.6) is 5.75 Å². The van der Waals surface area contributed by atoms with Crippen LogP contribution >= 0.6 is 0 Å². The highest BCUT2D eigenvalue weighted by Crippen LogP contribution is 2.34. The number of esters is 1. The highest BCUT2D eigenvalue weighted by molar-refractivity contribution is 5.81. The highest BCUT2D eigenvalue weighted by atomic mass is 16.7. The minimum Gasteiger partial charge on any atom is -0.497 e. The van der Waals surface area contributed by atoms with E-state index < -0.39 is 0 Å². The maximum atomic E-state index is 11.4. The van der Waals surface area contributed by atoms with Crippen LogP contribution in [-0.4, -0.2) is 32.4 Å². The van der Waals surface area contributed by atoms with Crippen LogP contribution in [0, 0.1) is 11.8 Å². The molecule has 0 amide bonds. The largest absolute Gasteiger partial charge is 0.497 e. The fraction of sp³-hybridized carbons (Fsp3) is 0.550. The highest BCUT2D eigenvalue weighted by Gasteiger charge is 2.33. The molecule has 25 heavy (non-hydrogen) atoms. The first-order valence-electron chi connectivity index (χ1n) is 8.79. The van der Waals surface area contributed by atoms with Crippen molar-refractivity contribution in [2.75, 3.05) is 20.3 Å². The molecule has 1 heterocycles. The summed E-state index contributed by atoms with van der Waals surface area (Å²) >= 11 is 0. The first-order valence-corrected chi connectivity index (χ1v) is 8.79. The Morgan fingerprint density at radius 3 is 2.72 bits per heavy atom. The molecule has 5 heteroatoms. The zero-order valence-electron chi connectivity index (χ0n) is 15.4. The molecule has 0 radical (unpaired) electrons. The molecule has 0 aromatic heterocycles. The van der Waals surface area contributed by atoms with E-state index in [1.165, 1.54) is 6.08 Å². The van der Waals surface area contributed by atoms with Crippen molar-refractivity contribution in [3.8, 4) is 5.75 Å². The molecular weight excluding hydrogens is 320 g/mol. The standard InChI is InChI=1S/C20H28O5/c1-5-23-18(21)8-6-7-14(2)19-15(3)13-24-20(25-19)16-9-11-17(22-4)12-10-16/h6,8-12,14-15,19-20H,5,7,13H2,1-4H3/b8-6+/t14-,15+,19-,20+/m0/s1. The Labute approximate surface area is 149 Å². The van der Waals surface area contributed by atoms with Gasteiger partial charge in [-0.2, -0.15) is 0 Å². The molecule has 1 saturated heterocycles. The van der Waals surface area contributed by atoms with Gasteiger partial charge in [0.15, 0.2) is 6.29 Å². The Morgan fingerprint density at radius 1 is 1.36 bits per heavy atom. The van der Waals surface area contributed by atoms with Crippen molar-refractivity contribution < 1.29 is 23.7 Å². The van der Waals surface area contributed by atoms with Crippen LogP contribution in [0.2, 0.25) is 0 Å². The summed E-state index contributed by atoms with van der Waals surface area (Å²) in [4.78, 5) is 11.4. The van der Waals surface area contributed by atoms with Crippen molar-refractivity contribution in [3.05, 3.63) is 42.0 Å². The van der Waals surface area contributed by atoms with Crippen LogP contribution in [0.3, 0.4) is 0 Å². The number of carbonyl (C=O) groups is 1. The van der Waals surface area contributed by atoms with E-state index in [4.69, 9.17) is 18.9 Å². The lowest BCUT2D eigenvalue weighted by Gasteiger charge is -2.38. The quantitative estimate of drug-likeness (QED) is 0.553. The molecule has 1 aliphatic heterocycles. The predicted molar refractivity (Wildman–Crippen MR) is 95.3 cm³/mol. The summed E-state index contributed by atoms with van der Waals surface area (Å²) in [6.45, 7) is 7.09. The first-order chi connectivity index (χ1) is 12.0. The lowest BCUT2D eigenvalue weighted by molar-refractivity contribution is -0.249. The van der Waals surface area contributed by atoms with E-state index in [1.807, 2.05) is 30.3 Å². The van der Waals surface area contributed by atoms with Gasteiger partial charge in [0.05, 0.1) is 26.4 Å². The van der Waals surface area contributed by atoms with Gasteiger partial charge in [-0.25, -0.2) is 4.79 Å². The topological polar surface area (TPSA) is 54.0 Å². The maximum absolute atomic E-state index is 11.4. The van der Waals surface area contributed by atoms with Gasteiger partial charge >= 0.3 is 5.97 Å². The molecule has 0 bridgehead atoms. The zero-order valence-corrected chi connectivity index (χ0v) is 15.4. The van der Waals surface area contributed by atoms with E-state index in [0.717, 1.165) is 17.7 Å². The molecule has 0 unspecified atom stereocenters. The van der Waals surface area contributed by atoms with Crippen molar-refractivity contribution in [2.45, 2.75) is 39.6 Å². The second kappa shape index (κ2) is 9.59. The van der Waals surface area contributed by atoms with Crippen molar-refractivity contribution in [1.82, 2.24) is 0 Å². The van der Waals surface area contributed by atoms with Crippen molar-refractivity contribution in [2.24, 2.45) is 11.8 Å². The van der Waals surface area contributed by atoms with Crippen LogP contribution in [-0.2, 0) is 19.0 Å². The van der Waals surface area contributed by atoms with Gasteiger partial charge in [-0.1, -0.05) is 32.1 Å². The zero-order chi connectivity index (χ0) is 18.2. The number of hydrogen-bond acceptors (Lipinski definition) is 5. The van der Waals surface area contributed by atoms with Crippen molar-refractivity contribution in [3.63, 3.8) is 0 Å². The number of ether oxygens (including phenoxy) is 4. The van der Waals surface area contributed by atoms with Gasteiger partial charge in [0, 0.05) is 17.6 Å². The number of allylic oxidation sites excluding steroid dienone is 1. The average molecular weight is 348 g/mol. The molecule has 4 atom stereocenters. The molecule has 0 saturated carbocycles. The normalized spacial score (nSPS) is 24.9. The fourth-order valence-electron chi connectivity index (χ4n) is 2.98. The number of rotatable bonds is 7. The van der Waals surface area contributed by atoms with E-state index >= 15 is 0 Å². The summed E-state index contributed by atoms with van der Waals surface area (Å²) < 4.78 is 22.1. The average Bonchev–Trinajstić information content (AvgIpc) is 2.62. The van der Waals surface area contributed by atoms with Gasteiger partial charge in [0.1, 0.15) is 5.75 Å². The van der Waals surface area contributed by atoms with Crippen LogP contribution < -0.4 is 4.74 Å². The third-order valence-corrected chi connectivity index (χ3v) is 4.35. The van der Waals surface area contributed by atoms with E-state index in [0.29, 0.717) is 19.1 Å². The van der Waals surface area contributed by atoms with Gasteiger partial charge in [-0.3, -0.25) is 0 Å². The first kappa shape index (κ1) is 19.5. The number of methoxy groups -OCH3 is 1. The third-order valence-electron chi connectivity index (χ3n) is 4.35. The van der Waals surface area contributed by atoms with Crippen molar-refractivity contribution >= 4 is 5.97 Å². The lowest BCUT2D eigenvalue weighted by atomic mass is 9.90. The lowest BCUT2D eigenvalue weighted by Crippen LogP contribution is -2.38. The van der Waals surface area contributed by atoms with Gasteiger partial charge in [-0.15, -0.1) is 0 Å². The van der Waals surface area contributed by atoms with Gasteiger partial charge in [0.25, 0.3) is 0 Å². The van der Waals surface area contributed by atoms with Crippen LogP contribution in [0.15, 0.2) is 36.4 Å². The Hall–Kier alpha value is -1.85. The fourth-order valence-corrected chi connectivity index (χ4v) is 2.98. The second-order valence-corrected chi connectivity index (χ2v) is 6.38. The summed E-state index contributed by atoms with van der Waals surface area (Å²) in [5, 5.41) is 0. The molecule has 1 aliphatic rings. The van der Waals surface area contributed by atoms with E-state index in [-0.39, 0.29) is 24.3 Å². The summed E-state index contributed by atoms with van der Waals surface area (Å²) in [5.74, 6) is 1.07. The van der Waals surface area contributed by atoms with Gasteiger partial charge < -0.3 is 18.9 Å². The molecule has 1 aromatic carbocycles. The van der Waals surface area contributed by atoms with Crippen LogP contribution in [0.25, 0.3) is 0 Å². The molecule has 1 aromatic rings. The third kappa shape index (κ3) is 5.58. The van der Waals surface area contributed by atoms with Crippen LogP contribution in [0.4, 0.5) is 0 Å². The maximum Gasteiger partial charge on any atom is 0.330 e. The van der Waals surface area contributed by atoms with E-state index in [9.17, 15) is 4.79 Å². The summed E-state index contributed by atoms with van der Waals surface area (Å²) in [7, 11) is 1.64. The minimum absolute atomic E-state index is 0.0627. The van der Waals surface area contributed by atoms with Gasteiger partial charge in [0.2, 0.25) is 0 Å².